The van der Waals surface area contributed by atoms with E-state index >= 15 is 0 Å². The maximum absolute atomic E-state index is 13.9. The molecule has 1 fully saturated rings. The normalized spacial score (nSPS) is 22.9. The fourth-order valence-corrected chi connectivity index (χ4v) is 4.41. The summed E-state index contributed by atoms with van der Waals surface area (Å²) in [7, 11) is 0. The predicted molar refractivity (Wildman–Crippen MR) is 164 cm³/mol. The summed E-state index contributed by atoms with van der Waals surface area (Å²) in [6.45, 7) is 19.3. The number of hydrogen-bond acceptors (Lipinski definition) is 11. The molecule has 2 rings (SSSR count). The van der Waals surface area contributed by atoms with Crippen LogP contribution >= 0.6 is 11.8 Å². The van der Waals surface area contributed by atoms with E-state index in [0.717, 1.165) is 11.8 Å². The second kappa shape index (κ2) is 14.0. The Labute approximate surface area is 265 Å². The van der Waals surface area contributed by atoms with Crippen molar-refractivity contribution in [1.82, 2.24) is 0 Å². The van der Waals surface area contributed by atoms with E-state index in [9.17, 15) is 24.0 Å². The van der Waals surface area contributed by atoms with Crippen molar-refractivity contribution < 1.29 is 47.7 Å². The van der Waals surface area contributed by atoms with Crippen molar-refractivity contribution in [2.45, 2.75) is 119 Å². The van der Waals surface area contributed by atoms with Crippen molar-refractivity contribution in [2.24, 2.45) is 21.7 Å². The van der Waals surface area contributed by atoms with E-state index in [4.69, 9.17) is 23.7 Å². The molecule has 1 heterocycles. The van der Waals surface area contributed by atoms with E-state index in [0.29, 0.717) is 4.90 Å². The maximum atomic E-state index is 13.9. The molecule has 0 aliphatic carbocycles. The van der Waals surface area contributed by atoms with Gasteiger partial charge in [-0.25, -0.2) is 0 Å². The van der Waals surface area contributed by atoms with Gasteiger partial charge >= 0.3 is 23.9 Å². The highest BCUT2D eigenvalue weighted by atomic mass is 32.2. The molecule has 0 saturated carbocycles. The lowest BCUT2D eigenvalue weighted by Gasteiger charge is -2.45. The first-order valence-electron chi connectivity index (χ1n) is 14.7. The van der Waals surface area contributed by atoms with Crippen molar-refractivity contribution in [3.8, 4) is 0 Å². The first kappa shape index (κ1) is 37.3. The molecule has 11 heteroatoms. The zero-order valence-corrected chi connectivity index (χ0v) is 28.8. The summed E-state index contributed by atoms with van der Waals surface area (Å²) < 4.78 is 29.6. The molecule has 0 amide bonds. The minimum absolute atomic E-state index is 0.429. The molecule has 0 unspecified atom stereocenters. The second-order valence-electron chi connectivity index (χ2n) is 15.0. The minimum atomic E-state index is -1.50. The van der Waals surface area contributed by atoms with Crippen LogP contribution in [0.4, 0.5) is 0 Å². The number of rotatable bonds is 7. The molecule has 1 aromatic carbocycles. The van der Waals surface area contributed by atoms with Gasteiger partial charge in [-0.05, 0) is 107 Å². The third-order valence-corrected chi connectivity index (χ3v) is 7.33. The van der Waals surface area contributed by atoms with Crippen LogP contribution in [0.1, 0.15) is 83.1 Å². The average Bonchev–Trinajstić information content (AvgIpc) is 2.87. The number of benzene rings is 1. The van der Waals surface area contributed by atoms with Crippen LogP contribution in [0.5, 0.6) is 0 Å². The molecule has 246 valence electrons. The fraction of sp³-hybridized carbons (Fsp3) is 0.667. The standard InChI is InChI=1S/C33H48O10S/c1-30(2,3)26(35)39-18-20-21(41-27(36)31(4,5)6)22(42-28(37)32(7,8)9)23(43-29(38)33(10,11)12)24(40-20)25(34)44-19-16-14-13-15-17-19/h13-17,20-24H,18H2,1-12H3/t20-,21-,22+,23-,24+/m1/s1. The van der Waals surface area contributed by atoms with E-state index in [1.807, 2.05) is 0 Å². The van der Waals surface area contributed by atoms with Crippen LogP contribution in [-0.4, -0.2) is 66.1 Å². The van der Waals surface area contributed by atoms with Crippen LogP contribution < -0.4 is 0 Å². The molecule has 1 aromatic rings. The van der Waals surface area contributed by atoms with E-state index in [1.165, 1.54) is 0 Å². The van der Waals surface area contributed by atoms with Gasteiger partial charge in [0.25, 0.3) is 0 Å². The van der Waals surface area contributed by atoms with Crippen LogP contribution in [0.3, 0.4) is 0 Å². The SMILES string of the molecule is CC(C)(C)C(=O)OC[C@H]1O[C@H](C(=O)Sc2ccccc2)[C@H](OC(=O)C(C)(C)C)[C@@H](OC(=O)C(C)(C)C)[C@@H]1OC(=O)C(C)(C)C. The van der Waals surface area contributed by atoms with Gasteiger partial charge in [0.1, 0.15) is 12.7 Å². The largest absolute Gasteiger partial charge is 0.462 e. The molecule has 1 aliphatic rings. The first-order chi connectivity index (χ1) is 19.9. The van der Waals surface area contributed by atoms with Crippen molar-refractivity contribution in [3.63, 3.8) is 0 Å². The first-order valence-corrected chi connectivity index (χ1v) is 15.5. The number of thioether (sulfide) groups is 1. The molecule has 0 spiro atoms. The van der Waals surface area contributed by atoms with Gasteiger partial charge in [0, 0.05) is 4.90 Å². The Morgan fingerprint density at radius 3 is 1.45 bits per heavy atom. The molecule has 10 nitrogen and oxygen atoms in total. The summed E-state index contributed by atoms with van der Waals surface area (Å²) in [6.07, 6.45) is -7.10. The minimum Gasteiger partial charge on any atom is -0.462 e. The third-order valence-electron chi connectivity index (χ3n) is 6.39. The number of hydrogen-bond donors (Lipinski definition) is 0. The van der Waals surface area contributed by atoms with Gasteiger partial charge in [0.15, 0.2) is 24.4 Å². The lowest BCUT2D eigenvalue weighted by molar-refractivity contribution is -0.254. The Balaban J connectivity index is 2.72. The van der Waals surface area contributed by atoms with Crippen molar-refractivity contribution in [3.05, 3.63) is 30.3 Å². The summed E-state index contributed by atoms with van der Waals surface area (Å²) in [5, 5.41) is -0.549. The highest BCUT2D eigenvalue weighted by Crippen LogP contribution is 2.36. The summed E-state index contributed by atoms with van der Waals surface area (Å²) in [6, 6.07) is 8.79. The molecule has 0 N–H and O–H groups in total. The van der Waals surface area contributed by atoms with Gasteiger partial charge < -0.3 is 23.7 Å². The quantitative estimate of drug-likeness (QED) is 0.212. The van der Waals surface area contributed by atoms with Crippen molar-refractivity contribution in [2.75, 3.05) is 6.61 Å². The van der Waals surface area contributed by atoms with Crippen LogP contribution in [0.25, 0.3) is 0 Å². The van der Waals surface area contributed by atoms with Gasteiger partial charge in [-0.3, -0.25) is 24.0 Å². The Bertz CT molecular complexity index is 1200. The highest BCUT2D eigenvalue weighted by molar-refractivity contribution is 8.13. The molecular formula is C33H48O10S. The topological polar surface area (TPSA) is 132 Å². The number of carbonyl (C=O) groups excluding carboxylic acids is 5. The van der Waals surface area contributed by atoms with Gasteiger partial charge in [0.05, 0.1) is 21.7 Å². The summed E-state index contributed by atoms with van der Waals surface area (Å²) in [4.78, 5) is 67.1. The van der Waals surface area contributed by atoms with E-state index in [1.54, 1.807) is 113 Å². The third kappa shape index (κ3) is 10.3. The van der Waals surface area contributed by atoms with Crippen LogP contribution in [-0.2, 0) is 47.7 Å². The highest BCUT2D eigenvalue weighted by Gasteiger charge is 2.56. The van der Waals surface area contributed by atoms with Gasteiger partial charge in [0.2, 0.25) is 5.12 Å². The summed E-state index contributed by atoms with van der Waals surface area (Å²) in [5.74, 6) is -2.61. The fourth-order valence-electron chi connectivity index (χ4n) is 3.58. The van der Waals surface area contributed by atoms with Gasteiger partial charge in [-0.1, -0.05) is 18.2 Å². The second-order valence-corrected chi connectivity index (χ2v) is 16.1. The monoisotopic (exact) mass is 636 g/mol. The Morgan fingerprint density at radius 2 is 1.02 bits per heavy atom. The molecule has 1 saturated heterocycles. The van der Waals surface area contributed by atoms with Gasteiger partial charge in [-0.2, -0.15) is 0 Å². The van der Waals surface area contributed by atoms with Crippen LogP contribution in [0, 0.1) is 21.7 Å². The lowest BCUT2D eigenvalue weighted by atomic mass is 9.91. The molecule has 44 heavy (non-hydrogen) atoms. The van der Waals surface area contributed by atoms with E-state index < -0.39 is 87.8 Å². The van der Waals surface area contributed by atoms with Gasteiger partial charge in [-0.15, -0.1) is 0 Å². The summed E-state index contributed by atoms with van der Waals surface area (Å²) in [5.41, 5.74) is -3.87. The molecule has 5 atom stereocenters. The maximum Gasteiger partial charge on any atom is 0.311 e. The molecule has 0 aromatic heterocycles. The molecule has 0 bridgehead atoms. The predicted octanol–water partition coefficient (Wildman–Crippen LogP) is 5.54. The number of ether oxygens (including phenoxy) is 5. The summed E-state index contributed by atoms with van der Waals surface area (Å²) >= 11 is 0.854. The van der Waals surface area contributed by atoms with Crippen molar-refractivity contribution >= 4 is 40.8 Å². The Hall–Kier alpha value is -2.92. The zero-order valence-electron chi connectivity index (χ0n) is 28.0. The van der Waals surface area contributed by atoms with E-state index in [-0.39, 0.29) is 0 Å². The Morgan fingerprint density at radius 1 is 0.614 bits per heavy atom. The van der Waals surface area contributed by atoms with E-state index in [2.05, 4.69) is 0 Å². The molecular weight excluding hydrogens is 588 g/mol. The van der Waals surface area contributed by atoms with Crippen LogP contribution in [0.15, 0.2) is 35.2 Å². The zero-order chi connectivity index (χ0) is 33.8. The number of esters is 4. The smallest absolute Gasteiger partial charge is 0.311 e. The molecule has 1 aliphatic heterocycles. The van der Waals surface area contributed by atoms with Crippen LogP contribution in [0.2, 0.25) is 0 Å². The Kier molecular flexibility index (Phi) is 11.9. The molecule has 0 radical (unpaired) electrons. The lowest BCUT2D eigenvalue weighted by Crippen LogP contribution is -2.65. The van der Waals surface area contributed by atoms with Crippen molar-refractivity contribution in [1.29, 1.82) is 0 Å². The average molecular weight is 637 g/mol. The number of carbonyl (C=O) groups is 5.